The van der Waals surface area contributed by atoms with Gasteiger partial charge in [-0.15, -0.1) is 0 Å². The number of aromatic nitrogens is 2. The van der Waals surface area contributed by atoms with Crippen molar-refractivity contribution in [2.24, 2.45) is 0 Å². The lowest BCUT2D eigenvalue weighted by molar-refractivity contribution is -0.118. The van der Waals surface area contributed by atoms with Crippen LogP contribution in [-0.4, -0.2) is 29.0 Å². The summed E-state index contributed by atoms with van der Waals surface area (Å²) in [6, 6.07) is 17.2. The molecule has 0 saturated carbocycles. The standard InChI is InChI=1S/C24H23N3O3/c1-16-5-4-6-19(11-16)30-15-24(28)26-20-13-18(7-8-22(20)29-3)21-14-27-10-9-17(2)12-23(27)25-21/h4-14H,15H2,1-3H3,(H,26,28). The molecule has 0 bridgehead atoms. The molecule has 4 rings (SSSR count). The highest BCUT2D eigenvalue weighted by Gasteiger charge is 2.12. The number of hydrogen-bond acceptors (Lipinski definition) is 4. The Morgan fingerprint density at radius 2 is 1.90 bits per heavy atom. The molecule has 152 valence electrons. The summed E-state index contributed by atoms with van der Waals surface area (Å²) in [7, 11) is 1.57. The monoisotopic (exact) mass is 401 g/mol. The Bertz CT molecular complexity index is 1210. The predicted octanol–water partition coefficient (Wildman–Crippen LogP) is 4.64. The molecular formula is C24H23N3O3. The highest BCUT2D eigenvalue weighted by molar-refractivity contribution is 5.94. The molecule has 0 saturated heterocycles. The first-order chi connectivity index (χ1) is 14.5. The van der Waals surface area contributed by atoms with Crippen LogP contribution in [0.15, 0.2) is 67.0 Å². The smallest absolute Gasteiger partial charge is 0.262 e. The molecule has 0 spiro atoms. The maximum atomic E-state index is 12.5. The Hall–Kier alpha value is -3.80. The number of fused-ring (bicyclic) bond motifs is 1. The number of aryl methyl sites for hydroxylation is 2. The number of nitrogens with one attached hydrogen (secondary N) is 1. The molecule has 1 N–H and O–H groups in total. The molecule has 0 radical (unpaired) electrons. The summed E-state index contributed by atoms with van der Waals surface area (Å²) in [4.78, 5) is 17.1. The van der Waals surface area contributed by atoms with Crippen molar-refractivity contribution < 1.29 is 14.3 Å². The number of imidazole rings is 1. The SMILES string of the molecule is COc1ccc(-c2cn3ccc(C)cc3n2)cc1NC(=O)COc1cccc(C)c1. The summed E-state index contributed by atoms with van der Waals surface area (Å²) in [5.74, 6) is 0.964. The quantitative estimate of drug-likeness (QED) is 0.511. The summed E-state index contributed by atoms with van der Waals surface area (Å²) >= 11 is 0. The van der Waals surface area contributed by atoms with Gasteiger partial charge < -0.3 is 19.2 Å². The maximum absolute atomic E-state index is 12.5. The van der Waals surface area contributed by atoms with Crippen molar-refractivity contribution in [3.8, 4) is 22.8 Å². The van der Waals surface area contributed by atoms with E-state index in [0.29, 0.717) is 17.2 Å². The molecule has 2 heterocycles. The van der Waals surface area contributed by atoms with Gasteiger partial charge >= 0.3 is 0 Å². The molecule has 30 heavy (non-hydrogen) atoms. The lowest BCUT2D eigenvalue weighted by Gasteiger charge is -2.12. The van der Waals surface area contributed by atoms with Crippen molar-refractivity contribution >= 4 is 17.2 Å². The average Bonchev–Trinajstić information content (AvgIpc) is 3.15. The van der Waals surface area contributed by atoms with Crippen molar-refractivity contribution in [2.75, 3.05) is 19.0 Å². The molecule has 2 aromatic heterocycles. The van der Waals surface area contributed by atoms with Crippen molar-refractivity contribution in [3.63, 3.8) is 0 Å². The van der Waals surface area contributed by atoms with E-state index in [1.807, 2.05) is 85.2 Å². The number of benzene rings is 2. The minimum atomic E-state index is -0.266. The summed E-state index contributed by atoms with van der Waals surface area (Å²) in [6.07, 6.45) is 3.94. The second kappa shape index (κ2) is 8.29. The highest BCUT2D eigenvalue weighted by Crippen LogP contribution is 2.30. The molecular weight excluding hydrogens is 378 g/mol. The van der Waals surface area contributed by atoms with Crippen LogP contribution in [0, 0.1) is 13.8 Å². The van der Waals surface area contributed by atoms with Gasteiger partial charge in [-0.2, -0.15) is 0 Å². The van der Waals surface area contributed by atoms with Gasteiger partial charge in [0, 0.05) is 18.0 Å². The lowest BCUT2D eigenvalue weighted by atomic mass is 10.1. The third-order valence-corrected chi connectivity index (χ3v) is 4.74. The third kappa shape index (κ3) is 4.27. The van der Waals surface area contributed by atoms with Crippen LogP contribution in [0.25, 0.3) is 16.9 Å². The van der Waals surface area contributed by atoms with E-state index in [1.165, 1.54) is 0 Å². The van der Waals surface area contributed by atoms with Gasteiger partial charge in [-0.1, -0.05) is 12.1 Å². The minimum absolute atomic E-state index is 0.0928. The molecule has 4 aromatic rings. The number of anilines is 1. The van der Waals surface area contributed by atoms with Crippen molar-refractivity contribution in [1.29, 1.82) is 0 Å². The topological polar surface area (TPSA) is 64.9 Å². The van der Waals surface area contributed by atoms with Crippen LogP contribution < -0.4 is 14.8 Å². The van der Waals surface area contributed by atoms with Gasteiger partial charge in [0.15, 0.2) is 6.61 Å². The zero-order valence-corrected chi connectivity index (χ0v) is 17.2. The Kier molecular flexibility index (Phi) is 5.39. The first-order valence-corrected chi connectivity index (χ1v) is 9.65. The first-order valence-electron chi connectivity index (χ1n) is 9.65. The number of methoxy groups -OCH3 is 1. The molecule has 0 aliphatic heterocycles. The summed E-state index contributed by atoms with van der Waals surface area (Å²) in [6.45, 7) is 3.92. The lowest BCUT2D eigenvalue weighted by Crippen LogP contribution is -2.20. The van der Waals surface area contributed by atoms with Gasteiger partial charge in [0.1, 0.15) is 17.1 Å². The fraction of sp³-hybridized carbons (Fsp3) is 0.167. The van der Waals surface area contributed by atoms with Gasteiger partial charge in [-0.05, 0) is 67.4 Å². The second-order valence-electron chi connectivity index (χ2n) is 7.16. The Labute approximate surface area is 175 Å². The Balaban J connectivity index is 1.54. The molecule has 0 aliphatic rings. The van der Waals surface area contributed by atoms with Gasteiger partial charge in [0.25, 0.3) is 5.91 Å². The molecule has 6 nitrogen and oxygen atoms in total. The zero-order chi connectivity index (χ0) is 21.1. The van der Waals surface area contributed by atoms with Crippen LogP contribution in [0.1, 0.15) is 11.1 Å². The van der Waals surface area contributed by atoms with Crippen molar-refractivity contribution in [1.82, 2.24) is 9.38 Å². The molecule has 0 fully saturated rings. The predicted molar refractivity (Wildman–Crippen MR) is 117 cm³/mol. The van der Waals surface area contributed by atoms with Crippen LogP contribution >= 0.6 is 0 Å². The third-order valence-electron chi connectivity index (χ3n) is 4.74. The van der Waals surface area contributed by atoms with E-state index in [9.17, 15) is 4.79 Å². The van der Waals surface area contributed by atoms with Crippen molar-refractivity contribution in [2.45, 2.75) is 13.8 Å². The van der Waals surface area contributed by atoms with E-state index in [-0.39, 0.29) is 12.5 Å². The number of amides is 1. The van der Waals surface area contributed by atoms with Crippen molar-refractivity contribution in [3.05, 3.63) is 78.1 Å². The van der Waals surface area contributed by atoms with E-state index in [2.05, 4.69) is 10.3 Å². The maximum Gasteiger partial charge on any atom is 0.262 e. The number of ether oxygens (including phenoxy) is 2. The van der Waals surface area contributed by atoms with Gasteiger partial charge in [-0.3, -0.25) is 4.79 Å². The Morgan fingerprint density at radius 3 is 2.70 bits per heavy atom. The van der Waals surface area contributed by atoms with Crippen LogP contribution in [-0.2, 0) is 4.79 Å². The number of carbonyl (C=O) groups is 1. The van der Waals surface area contributed by atoms with Crippen LogP contribution in [0.4, 0.5) is 5.69 Å². The summed E-state index contributed by atoms with van der Waals surface area (Å²) in [5.41, 5.74) is 5.36. The fourth-order valence-electron chi connectivity index (χ4n) is 3.23. The van der Waals surface area contributed by atoms with E-state index in [4.69, 9.17) is 9.47 Å². The molecule has 2 aromatic carbocycles. The molecule has 0 aliphatic carbocycles. The number of carbonyl (C=O) groups excluding carboxylic acids is 1. The number of pyridine rings is 1. The van der Waals surface area contributed by atoms with E-state index >= 15 is 0 Å². The van der Waals surface area contributed by atoms with Gasteiger partial charge in [0.05, 0.1) is 18.5 Å². The minimum Gasteiger partial charge on any atom is -0.495 e. The zero-order valence-electron chi connectivity index (χ0n) is 17.2. The fourth-order valence-corrected chi connectivity index (χ4v) is 3.23. The van der Waals surface area contributed by atoms with E-state index in [0.717, 1.165) is 28.0 Å². The second-order valence-corrected chi connectivity index (χ2v) is 7.16. The molecule has 6 heteroatoms. The molecule has 0 unspecified atom stereocenters. The molecule has 1 amide bonds. The number of hydrogen-bond donors (Lipinski definition) is 1. The van der Waals surface area contributed by atoms with E-state index < -0.39 is 0 Å². The number of nitrogens with zero attached hydrogens (tertiary/aromatic N) is 2. The highest BCUT2D eigenvalue weighted by atomic mass is 16.5. The summed E-state index contributed by atoms with van der Waals surface area (Å²) < 4.78 is 13.0. The van der Waals surface area contributed by atoms with E-state index in [1.54, 1.807) is 7.11 Å². The number of rotatable bonds is 6. The van der Waals surface area contributed by atoms with Gasteiger partial charge in [-0.25, -0.2) is 4.98 Å². The van der Waals surface area contributed by atoms with Crippen LogP contribution in [0.2, 0.25) is 0 Å². The Morgan fingerprint density at radius 1 is 1.07 bits per heavy atom. The van der Waals surface area contributed by atoms with Crippen LogP contribution in [0.3, 0.4) is 0 Å². The first kappa shape index (κ1) is 19.5. The normalized spacial score (nSPS) is 10.8. The van der Waals surface area contributed by atoms with Crippen LogP contribution in [0.5, 0.6) is 11.5 Å². The largest absolute Gasteiger partial charge is 0.495 e. The van der Waals surface area contributed by atoms with Gasteiger partial charge in [0.2, 0.25) is 0 Å². The average molecular weight is 401 g/mol. The summed E-state index contributed by atoms with van der Waals surface area (Å²) in [5, 5.41) is 2.88. The molecule has 0 atom stereocenters.